The average Bonchev–Trinajstić information content (AvgIpc) is 3.37. The Balaban J connectivity index is 1.55. The number of hydrazone groups is 1. The van der Waals surface area contributed by atoms with Gasteiger partial charge in [0, 0.05) is 64.9 Å². The largest absolute Gasteiger partial charge is 0.379 e. The molecule has 206 valence electrons. The zero-order valence-electron chi connectivity index (χ0n) is 22.6. The van der Waals surface area contributed by atoms with Crippen molar-refractivity contribution >= 4 is 23.2 Å². The molecular formula is C27H45ClN2O6. The zero-order valence-corrected chi connectivity index (χ0v) is 23.3. The lowest BCUT2D eigenvalue weighted by Crippen LogP contribution is -2.52. The van der Waals surface area contributed by atoms with Crippen LogP contribution in [0, 0.1) is 17.8 Å². The van der Waals surface area contributed by atoms with Crippen LogP contribution >= 0.6 is 11.6 Å². The number of carbonyl (C=O) groups is 1. The standard InChI is InChI=1S/C27H45ClN2O6/c1-32-22-11-8-17(12-23(22)33-2)20-15-21(16-6-9-19(28)10-7-16)30(29-20)27(31)18-13-24(34-3)26(36-5)25(14-18)35-4/h16-19,21-26H,6-15H2,1-5H3. The SMILES string of the molecule is COC1CCC(C2=NN(C(=O)C3CC(OC)C(OC)C(OC)C3)C(C3CCC(Cl)CC3)C2)CC1OC. The molecule has 0 radical (unpaired) electrons. The summed E-state index contributed by atoms with van der Waals surface area (Å²) in [4.78, 5) is 14.1. The highest BCUT2D eigenvalue weighted by atomic mass is 35.5. The van der Waals surface area contributed by atoms with Gasteiger partial charge < -0.3 is 23.7 Å². The lowest BCUT2D eigenvalue weighted by molar-refractivity contribution is -0.161. The van der Waals surface area contributed by atoms with Crippen molar-refractivity contribution in [3.05, 3.63) is 0 Å². The van der Waals surface area contributed by atoms with Crippen molar-refractivity contribution < 1.29 is 28.5 Å². The molecule has 1 heterocycles. The quantitative estimate of drug-likeness (QED) is 0.443. The van der Waals surface area contributed by atoms with Gasteiger partial charge in [0.15, 0.2) is 0 Å². The van der Waals surface area contributed by atoms with Gasteiger partial charge in [-0.1, -0.05) is 0 Å². The van der Waals surface area contributed by atoms with Crippen LogP contribution in [-0.4, -0.2) is 94.1 Å². The average molecular weight is 529 g/mol. The van der Waals surface area contributed by atoms with E-state index in [1.54, 1.807) is 35.5 Å². The second-order valence-electron chi connectivity index (χ2n) is 11.0. The molecule has 1 aliphatic heterocycles. The molecule has 0 saturated heterocycles. The van der Waals surface area contributed by atoms with Crippen molar-refractivity contribution in [2.75, 3.05) is 35.5 Å². The molecule has 0 spiro atoms. The summed E-state index contributed by atoms with van der Waals surface area (Å²) in [7, 11) is 8.55. The fraction of sp³-hybridized carbons (Fsp3) is 0.926. The number of alkyl halides is 1. The Morgan fingerprint density at radius 2 is 1.39 bits per heavy atom. The second kappa shape index (κ2) is 12.9. The van der Waals surface area contributed by atoms with E-state index in [9.17, 15) is 4.79 Å². The van der Waals surface area contributed by atoms with Crippen LogP contribution in [0.4, 0.5) is 0 Å². The summed E-state index contributed by atoms with van der Waals surface area (Å²) in [5.74, 6) is 0.618. The first-order chi connectivity index (χ1) is 17.4. The minimum atomic E-state index is -0.211. The fourth-order valence-electron chi connectivity index (χ4n) is 7.08. The van der Waals surface area contributed by atoms with E-state index in [2.05, 4.69) is 0 Å². The van der Waals surface area contributed by atoms with E-state index in [1.807, 2.05) is 5.01 Å². The van der Waals surface area contributed by atoms with Gasteiger partial charge in [0.2, 0.25) is 5.91 Å². The molecule has 3 saturated carbocycles. The molecule has 0 aromatic heterocycles. The third-order valence-electron chi connectivity index (χ3n) is 9.24. The van der Waals surface area contributed by atoms with E-state index in [1.165, 1.54) is 0 Å². The molecule has 6 atom stereocenters. The molecule has 1 amide bonds. The summed E-state index contributed by atoms with van der Waals surface area (Å²) in [5.41, 5.74) is 1.15. The van der Waals surface area contributed by atoms with Crippen LogP contribution in [0.25, 0.3) is 0 Å². The number of ether oxygens (including phenoxy) is 5. The van der Waals surface area contributed by atoms with Gasteiger partial charge in [-0.15, -0.1) is 11.6 Å². The Morgan fingerprint density at radius 1 is 0.778 bits per heavy atom. The number of amides is 1. The highest BCUT2D eigenvalue weighted by molar-refractivity contribution is 6.20. The Kier molecular flexibility index (Phi) is 10.1. The molecular weight excluding hydrogens is 484 g/mol. The third kappa shape index (κ3) is 5.94. The maximum atomic E-state index is 14.1. The van der Waals surface area contributed by atoms with Crippen LogP contribution in [-0.2, 0) is 28.5 Å². The normalized spacial score (nSPS) is 41.8. The van der Waals surface area contributed by atoms with Crippen LogP contribution in [0.3, 0.4) is 0 Å². The number of hydrogen-bond acceptors (Lipinski definition) is 7. The molecule has 8 nitrogen and oxygen atoms in total. The molecule has 36 heavy (non-hydrogen) atoms. The highest BCUT2D eigenvalue weighted by Gasteiger charge is 2.47. The van der Waals surface area contributed by atoms with Gasteiger partial charge >= 0.3 is 0 Å². The Bertz CT molecular complexity index is 747. The van der Waals surface area contributed by atoms with E-state index in [0.717, 1.165) is 57.1 Å². The smallest absolute Gasteiger partial charge is 0.246 e. The van der Waals surface area contributed by atoms with Crippen LogP contribution in [0.2, 0.25) is 0 Å². The summed E-state index contributed by atoms with van der Waals surface area (Å²) in [6, 6.07) is 0.0972. The molecule has 0 N–H and O–H groups in total. The third-order valence-corrected chi connectivity index (χ3v) is 9.68. The van der Waals surface area contributed by atoms with E-state index < -0.39 is 0 Å². The van der Waals surface area contributed by atoms with Crippen molar-refractivity contribution in [1.82, 2.24) is 5.01 Å². The lowest BCUT2D eigenvalue weighted by atomic mass is 9.77. The van der Waals surface area contributed by atoms with Gasteiger partial charge in [-0.25, -0.2) is 5.01 Å². The van der Waals surface area contributed by atoms with Crippen LogP contribution in [0.15, 0.2) is 5.10 Å². The Hall–Kier alpha value is -0.770. The minimum Gasteiger partial charge on any atom is -0.379 e. The van der Waals surface area contributed by atoms with Gasteiger partial charge in [0.1, 0.15) is 6.10 Å². The monoisotopic (exact) mass is 528 g/mol. The molecule has 3 aliphatic carbocycles. The number of methoxy groups -OCH3 is 5. The lowest BCUT2D eigenvalue weighted by Gasteiger charge is -2.41. The maximum Gasteiger partial charge on any atom is 0.246 e. The molecule has 4 rings (SSSR count). The minimum absolute atomic E-state index is 0.0561. The van der Waals surface area contributed by atoms with Gasteiger partial charge in [-0.2, -0.15) is 5.10 Å². The zero-order chi connectivity index (χ0) is 25.8. The number of hydrogen-bond donors (Lipinski definition) is 0. The van der Waals surface area contributed by atoms with E-state index in [-0.39, 0.29) is 53.8 Å². The first-order valence-electron chi connectivity index (χ1n) is 13.6. The molecule has 6 unspecified atom stereocenters. The van der Waals surface area contributed by atoms with Crippen molar-refractivity contribution in [2.45, 2.75) is 106 Å². The maximum absolute atomic E-state index is 14.1. The Morgan fingerprint density at radius 3 is 1.94 bits per heavy atom. The van der Waals surface area contributed by atoms with Crippen LogP contribution < -0.4 is 0 Å². The molecule has 0 bridgehead atoms. The van der Waals surface area contributed by atoms with Gasteiger partial charge in [-0.3, -0.25) is 4.79 Å². The summed E-state index contributed by atoms with van der Waals surface area (Å²) in [6.45, 7) is 0. The highest BCUT2D eigenvalue weighted by Crippen LogP contribution is 2.41. The van der Waals surface area contributed by atoms with Gasteiger partial charge in [0.05, 0.1) is 30.5 Å². The van der Waals surface area contributed by atoms with Crippen molar-refractivity contribution in [2.24, 2.45) is 22.9 Å². The van der Waals surface area contributed by atoms with Crippen LogP contribution in [0.5, 0.6) is 0 Å². The molecule has 9 heteroatoms. The van der Waals surface area contributed by atoms with E-state index in [0.29, 0.717) is 24.7 Å². The Labute approximate surface area is 221 Å². The molecule has 4 aliphatic rings. The van der Waals surface area contributed by atoms with Crippen molar-refractivity contribution in [1.29, 1.82) is 0 Å². The van der Waals surface area contributed by atoms with Gasteiger partial charge in [0.25, 0.3) is 0 Å². The fourth-order valence-corrected chi connectivity index (χ4v) is 7.34. The molecule has 0 aromatic rings. The number of nitrogens with zero attached hydrogens (tertiary/aromatic N) is 2. The summed E-state index contributed by atoms with van der Waals surface area (Å²) in [5, 5.41) is 7.18. The van der Waals surface area contributed by atoms with E-state index in [4.69, 9.17) is 40.4 Å². The van der Waals surface area contributed by atoms with Gasteiger partial charge in [-0.05, 0) is 63.7 Å². The first-order valence-corrected chi connectivity index (χ1v) is 14.1. The van der Waals surface area contributed by atoms with Crippen molar-refractivity contribution in [3.8, 4) is 0 Å². The van der Waals surface area contributed by atoms with Crippen LogP contribution in [0.1, 0.15) is 64.2 Å². The predicted molar refractivity (Wildman–Crippen MR) is 138 cm³/mol. The number of rotatable bonds is 8. The van der Waals surface area contributed by atoms with Crippen molar-refractivity contribution in [3.63, 3.8) is 0 Å². The summed E-state index contributed by atoms with van der Waals surface area (Å²) in [6.07, 6.45) is 8.61. The molecule has 0 aromatic carbocycles. The summed E-state index contributed by atoms with van der Waals surface area (Å²) < 4.78 is 28.6. The number of carbonyl (C=O) groups excluding carboxylic acids is 1. The predicted octanol–water partition coefficient (Wildman–Crippen LogP) is 4.03. The number of halogens is 1. The summed E-state index contributed by atoms with van der Waals surface area (Å²) >= 11 is 6.44. The first kappa shape index (κ1) is 28.2. The molecule has 3 fully saturated rings. The van der Waals surface area contributed by atoms with E-state index >= 15 is 0 Å². The topological polar surface area (TPSA) is 78.8 Å². The second-order valence-corrected chi connectivity index (χ2v) is 11.7.